The number of thioether (sulfide) groups is 3. The number of hydrogen-bond acceptors (Lipinski definition) is 14. The molecule has 14 nitrogen and oxygen atoms in total. The van der Waals surface area contributed by atoms with E-state index in [0.717, 1.165) is 88.3 Å². The van der Waals surface area contributed by atoms with Crippen LogP contribution in [0.1, 0.15) is 17.5 Å². The summed E-state index contributed by atoms with van der Waals surface area (Å²) < 4.78 is 22.6. The Hall–Kier alpha value is -2.58. The van der Waals surface area contributed by atoms with Crippen molar-refractivity contribution in [1.29, 1.82) is 0 Å². The summed E-state index contributed by atoms with van der Waals surface area (Å²) in [4.78, 5) is 33.8. The van der Waals surface area contributed by atoms with Gasteiger partial charge in [0, 0.05) is 45.0 Å². The number of amides is 2. The Balaban J connectivity index is 1.05. The van der Waals surface area contributed by atoms with Gasteiger partial charge in [-0.15, -0.1) is 11.8 Å². The number of amidine groups is 1. The Morgan fingerprint density at radius 1 is 0.827 bits per heavy atom. The first-order chi connectivity index (χ1) is 25.2. The summed E-state index contributed by atoms with van der Waals surface area (Å²) in [6.07, 6.45) is 0.938. The average molecular weight is 779 g/mol. The molecule has 0 saturated carbocycles. The molecule has 2 saturated heterocycles. The smallest absolute Gasteiger partial charge is 0.252 e. The Morgan fingerprint density at radius 2 is 1.38 bits per heavy atom. The van der Waals surface area contributed by atoms with Crippen LogP contribution in [0.5, 0.6) is 11.5 Å². The summed E-state index contributed by atoms with van der Waals surface area (Å²) in [5, 5.41) is 2.33. The molecule has 0 bridgehead atoms. The molecule has 4 rings (SSSR count). The minimum atomic E-state index is -0.641. The highest BCUT2D eigenvalue weighted by molar-refractivity contribution is 8.14. The Labute approximate surface area is 319 Å². The minimum Gasteiger partial charge on any atom is -0.492 e. The van der Waals surface area contributed by atoms with Crippen molar-refractivity contribution in [2.45, 2.75) is 35.5 Å². The summed E-state index contributed by atoms with van der Waals surface area (Å²) in [7, 11) is 0. The topological polar surface area (TPSA) is 206 Å². The molecular formula is C35H54N8O6S3. The van der Waals surface area contributed by atoms with Crippen LogP contribution in [0.3, 0.4) is 0 Å². The van der Waals surface area contributed by atoms with Gasteiger partial charge in [0.2, 0.25) is 5.91 Å². The lowest BCUT2D eigenvalue weighted by Gasteiger charge is -2.26. The molecular weight excluding hydrogens is 725 g/mol. The van der Waals surface area contributed by atoms with Crippen LogP contribution in [0.15, 0.2) is 53.5 Å². The fraction of sp³-hybridized carbons (Fsp3) is 0.571. The molecule has 0 aliphatic carbocycles. The summed E-state index contributed by atoms with van der Waals surface area (Å²) in [5.41, 5.74) is 25.7. The van der Waals surface area contributed by atoms with E-state index in [9.17, 15) is 9.59 Å². The fourth-order valence-corrected chi connectivity index (χ4v) is 8.21. The predicted octanol–water partition coefficient (Wildman–Crippen LogP) is 1.25. The molecule has 2 aromatic carbocycles. The van der Waals surface area contributed by atoms with Gasteiger partial charge in [-0.3, -0.25) is 19.4 Å². The molecule has 2 aliphatic rings. The van der Waals surface area contributed by atoms with Crippen LogP contribution in [0.4, 0.5) is 0 Å². The monoisotopic (exact) mass is 778 g/mol. The molecule has 9 N–H and O–H groups in total. The molecule has 2 aliphatic heterocycles. The van der Waals surface area contributed by atoms with E-state index >= 15 is 0 Å². The molecule has 0 aromatic heterocycles. The highest BCUT2D eigenvalue weighted by atomic mass is 32.2. The SMILES string of the molecule is NC(=NC(=O)Cc1cccc(OCCN2CCOCC2)c1)SC(N)CCSCC(N)SC(N)NC(=O)Cc1cccc(OCCN2CCOCC2)c1. The average Bonchev–Trinajstić information content (AvgIpc) is 3.11. The van der Waals surface area contributed by atoms with Gasteiger partial charge in [-0.1, -0.05) is 36.0 Å². The Morgan fingerprint density at radius 3 is 1.96 bits per heavy atom. The molecule has 2 heterocycles. The second-order valence-corrected chi connectivity index (χ2v) is 16.1. The van der Waals surface area contributed by atoms with Gasteiger partial charge in [-0.25, -0.2) is 0 Å². The highest BCUT2D eigenvalue weighted by Gasteiger charge is 2.16. The molecule has 2 amide bonds. The van der Waals surface area contributed by atoms with Gasteiger partial charge >= 0.3 is 0 Å². The van der Waals surface area contributed by atoms with E-state index in [1.807, 2.05) is 48.5 Å². The zero-order chi connectivity index (χ0) is 37.0. The summed E-state index contributed by atoms with van der Waals surface area (Å²) in [6.45, 7) is 9.47. The number of aliphatic imine (C=N–C) groups is 1. The summed E-state index contributed by atoms with van der Waals surface area (Å²) >= 11 is 4.09. The lowest BCUT2D eigenvalue weighted by molar-refractivity contribution is -0.120. The lowest BCUT2D eigenvalue weighted by atomic mass is 10.1. The zero-order valence-electron chi connectivity index (χ0n) is 29.7. The molecule has 17 heteroatoms. The Kier molecular flexibility index (Phi) is 19.4. The van der Waals surface area contributed by atoms with Crippen LogP contribution in [0.25, 0.3) is 0 Å². The molecule has 0 spiro atoms. The highest BCUT2D eigenvalue weighted by Crippen LogP contribution is 2.19. The first kappa shape index (κ1) is 42.2. The molecule has 288 valence electrons. The number of benzene rings is 2. The van der Waals surface area contributed by atoms with Gasteiger partial charge in [0.1, 0.15) is 30.2 Å². The third-order valence-electron chi connectivity index (χ3n) is 8.04. The maximum atomic E-state index is 12.6. The van der Waals surface area contributed by atoms with E-state index in [1.54, 1.807) is 11.8 Å². The first-order valence-electron chi connectivity index (χ1n) is 17.6. The van der Waals surface area contributed by atoms with Crippen LogP contribution >= 0.6 is 35.3 Å². The van der Waals surface area contributed by atoms with Crippen molar-refractivity contribution in [2.24, 2.45) is 27.9 Å². The maximum absolute atomic E-state index is 12.6. The van der Waals surface area contributed by atoms with E-state index < -0.39 is 5.50 Å². The number of carbonyl (C=O) groups excluding carboxylic acids is 2. The van der Waals surface area contributed by atoms with Crippen LogP contribution in [0, 0.1) is 0 Å². The largest absolute Gasteiger partial charge is 0.492 e. The second-order valence-electron chi connectivity index (χ2n) is 12.3. The predicted molar refractivity (Wildman–Crippen MR) is 212 cm³/mol. The number of nitrogens with two attached hydrogens (primary N) is 4. The van der Waals surface area contributed by atoms with Crippen molar-refractivity contribution < 1.29 is 28.5 Å². The first-order valence-corrected chi connectivity index (χ1v) is 20.6. The van der Waals surface area contributed by atoms with Gasteiger partial charge in [-0.2, -0.15) is 16.8 Å². The maximum Gasteiger partial charge on any atom is 0.252 e. The van der Waals surface area contributed by atoms with E-state index in [0.29, 0.717) is 31.1 Å². The standard InChI is InChI=1S/C35H54N8O6S3/c36-30(51-34(38)40-32(44)23-26-3-1-5-28(21-26)48-18-12-42-8-14-46-15-9-42)7-20-50-25-31(37)52-35(39)41-33(45)24-27-4-2-6-29(22-27)49-19-13-43-10-16-47-17-11-43/h1-6,21-22,30-31,35H,7-20,23-25,36-37,39H2,(H,41,45)(H2,38,40,44). The van der Waals surface area contributed by atoms with E-state index in [2.05, 4.69) is 20.1 Å². The van der Waals surface area contributed by atoms with Crippen molar-refractivity contribution in [2.75, 3.05) is 90.4 Å². The van der Waals surface area contributed by atoms with Gasteiger partial charge < -0.3 is 47.2 Å². The molecule has 52 heavy (non-hydrogen) atoms. The second kappa shape index (κ2) is 24.0. The normalized spacial score (nSPS) is 17.6. The third-order valence-corrected chi connectivity index (χ3v) is 11.2. The molecule has 0 radical (unpaired) electrons. The number of hydrogen-bond donors (Lipinski definition) is 5. The molecule has 3 atom stereocenters. The summed E-state index contributed by atoms with van der Waals surface area (Å²) in [6, 6.07) is 15.0. The lowest BCUT2D eigenvalue weighted by Crippen LogP contribution is -2.42. The van der Waals surface area contributed by atoms with Gasteiger partial charge in [0.25, 0.3) is 5.91 Å². The quantitative estimate of drug-likeness (QED) is 0.0524. The zero-order valence-corrected chi connectivity index (χ0v) is 32.1. The number of carbonyl (C=O) groups is 2. The van der Waals surface area contributed by atoms with Crippen LogP contribution in [-0.4, -0.2) is 133 Å². The van der Waals surface area contributed by atoms with Gasteiger partial charge in [-0.05, 0) is 47.6 Å². The van der Waals surface area contributed by atoms with Crippen LogP contribution in [-0.2, 0) is 31.9 Å². The van der Waals surface area contributed by atoms with E-state index in [1.165, 1.54) is 23.5 Å². The van der Waals surface area contributed by atoms with Gasteiger partial charge in [0.15, 0.2) is 5.17 Å². The number of nitrogens with zero attached hydrogens (tertiary/aromatic N) is 3. The third kappa shape index (κ3) is 17.5. The fourth-order valence-electron chi connectivity index (χ4n) is 5.36. The Bertz CT molecular complexity index is 1400. The minimum absolute atomic E-state index is 0.114. The van der Waals surface area contributed by atoms with Crippen LogP contribution in [0.2, 0.25) is 0 Å². The number of ether oxygens (including phenoxy) is 4. The van der Waals surface area contributed by atoms with Crippen molar-refractivity contribution in [3.05, 3.63) is 59.7 Å². The van der Waals surface area contributed by atoms with Crippen molar-refractivity contribution >= 4 is 52.3 Å². The van der Waals surface area contributed by atoms with Crippen LogP contribution < -0.4 is 37.7 Å². The number of nitrogens with one attached hydrogen (secondary N) is 1. The van der Waals surface area contributed by atoms with Crippen molar-refractivity contribution in [1.82, 2.24) is 15.1 Å². The number of rotatable bonds is 21. The summed E-state index contributed by atoms with van der Waals surface area (Å²) in [5.74, 6) is 2.26. The van der Waals surface area contributed by atoms with E-state index in [-0.39, 0.29) is 40.6 Å². The molecule has 2 fully saturated rings. The van der Waals surface area contributed by atoms with Crippen molar-refractivity contribution in [3.63, 3.8) is 0 Å². The van der Waals surface area contributed by atoms with Crippen molar-refractivity contribution in [3.8, 4) is 11.5 Å². The van der Waals surface area contributed by atoms with Gasteiger partial charge in [0.05, 0.1) is 50.0 Å². The molecule has 3 unspecified atom stereocenters. The number of morpholine rings is 2. The van der Waals surface area contributed by atoms with E-state index in [4.69, 9.17) is 41.9 Å². The molecule has 2 aromatic rings.